The van der Waals surface area contributed by atoms with Gasteiger partial charge in [0.2, 0.25) is 11.9 Å². The highest BCUT2D eigenvalue weighted by Crippen LogP contribution is 2.19. The van der Waals surface area contributed by atoms with Crippen molar-refractivity contribution < 1.29 is 4.79 Å². The molecule has 2 aromatic rings. The third kappa shape index (κ3) is 2.45. The quantitative estimate of drug-likeness (QED) is 0.857. The number of aryl methyl sites for hydroxylation is 2. The first-order valence-corrected chi connectivity index (χ1v) is 6.11. The lowest BCUT2D eigenvalue weighted by Crippen LogP contribution is -2.24. The first-order chi connectivity index (χ1) is 8.61. The van der Waals surface area contributed by atoms with Gasteiger partial charge >= 0.3 is 0 Å². The molecule has 0 radical (unpaired) electrons. The van der Waals surface area contributed by atoms with Gasteiger partial charge in [0.05, 0.1) is 11.0 Å². The van der Waals surface area contributed by atoms with E-state index in [-0.39, 0.29) is 5.91 Å². The Balaban J connectivity index is 2.22. The summed E-state index contributed by atoms with van der Waals surface area (Å²) in [6.45, 7) is 5.13. The summed E-state index contributed by atoms with van der Waals surface area (Å²) in [4.78, 5) is 15.8. The molecule has 1 amide bonds. The first kappa shape index (κ1) is 12.4. The average molecular weight is 246 g/mol. The molecule has 1 aromatic heterocycles. The van der Waals surface area contributed by atoms with Crippen LogP contribution >= 0.6 is 0 Å². The molecule has 0 saturated carbocycles. The summed E-state index contributed by atoms with van der Waals surface area (Å²) >= 11 is 0. The Kier molecular flexibility index (Phi) is 3.50. The third-order valence-electron chi connectivity index (χ3n) is 2.87. The van der Waals surface area contributed by atoms with Gasteiger partial charge in [-0.05, 0) is 31.5 Å². The molecule has 0 bridgehead atoms. The van der Waals surface area contributed by atoms with Crippen LogP contribution in [0.4, 0.5) is 5.95 Å². The summed E-state index contributed by atoms with van der Waals surface area (Å²) in [6, 6.07) is 6.01. The predicted molar refractivity (Wildman–Crippen MR) is 72.2 cm³/mol. The van der Waals surface area contributed by atoms with E-state index in [1.807, 2.05) is 36.6 Å². The van der Waals surface area contributed by atoms with Gasteiger partial charge in [-0.2, -0.15) is 0 Å². The van der Waals surface area contributed by atoms with Crippen molar-refractivity contribution in [1.82, 2.24) is 14.9 Å². The van der Waals surface area contributed by atoms with Crippen molar-refractivity contribution in [2.45, 2.75) is 26.8 Å². The number of hydrogen-bond donors (Lipinski definition) is 2. The number of nitrogens with one attached hydrogen (secondary N) is 1. The van der Waals surface area contributed by atoms with Crippen LogP contribution in [0.15, 0.2) is 18.2 Å². The van der Waals surface area contributed by atoms with Gasteiger partial charge in [0.15, 0.2) is 0 Å². The lowest BCUT2D eigenvalue weighted by Gasteiger charge is -2.06. The Bertz CT molecular complexity index is 574. The van der Waals surface area contributed by atoms with Gasteiger partial charge in [0, 0.05) is 19.5 Å². The van der Waals surface area contributed by atoms with E-state index < -0.39 is 0 Å². The molecular formula is C13H18N4O. The Morgan fingerprint density at radius 2 is 2.28 bits per heavy atom. The van der Waals surface area contributed by atoms with Crippen LogP contribution in [-0.4, -0.2) is 22.0 Å². The summed E-state index contributed by atoms with van der Waals surface area (Å²) in [5.74, 6) is 0.491. The van der Waals surface area contributed by atoms with Crippen LogP contribution in [0.1, 0.15) is 18.9 Å². The molecule has 0 aliphatic rings. The topological polar surface area (TPSA) is 72.9 Å². The Morgan fingerprint density at radius 1 is 1.50 bits per heavy atom. The fraction of sp³-hybridized carbons (Fsp3) is 0.385. The van der Waals surface area contributed by atoms with Crippen LogP contribution in [0.5, 0.6) is 0 Å². The van der Waals surface area contributed by atoms with Crippen molar-refractivity contribution in [3.63, 3.8) is 0 Å². The molecule has 0 saturated heterocycles. The number of nitrogens with zero attached hydrogens (tertiary/aromatic N) is 2. The number of amides is 1. The molecule has 3 N–H and O–H groups in total. The van der Waals surface area contributed by atoms with Gasteiger partial charge < -0.3 is 15.6 Å². The molecule has 96 valence electrons. The minimum Gasteiger partial charge on any atom is -0.369 e. The molecule has 0 spiro atoms. The van der Waals surface area contributed by atoms with Gasteiger partial charge in [-0.25, -0.2) is 4.98 Å². The van der Waals surface area contributed by atoms with Gasteiger partial charge in [0.1, 0.15) is 0 Å². The first-order valence-electron chi connectivity index (χ1n) is 6.11. The van der Waals surface area contributed by atoms with E-state index in [0.717, 1.165) is 16.6 Å². The number of hydrogen-bond acceptors (Lipinski definition) is 3. The minimum atomic E-state index is 0.0332. The number of benzene rings is 1. The second-order valence-corrected chi connectivity index (χ2v) is 4.32. The maximum absolute atomic E-state index is 11.5. The predicted octanol–water partition coefficient (Wildman–Crippen LogP) is 1.45. The molecule has 1 heterocycles. The van der Waals surface area contributed by atoms with Crippen molar-refractivity contribution in [3.05, 3.63) is 23.8 Å². The zero-order chi connectivity index (χ0) is 13.1. The lowest BCUT2D eigenvalue weighted by molar-refractivity contribution is -0.121. The van der Waals surface area contributed by atoms with Crippen LogP contribution in [0.2, 0.25) is 0 Å². The van der Waals surface area contributed by atoms with Crippen molar-refractivity contribution in [3.8, 4) is 0 Å². The summed E-state index contributed by atoms with van der Waals surface area (Å²) < 4.78 is 1.88. The number of nitrogen functional groups attached to an aromatic ring is 1. The zero-order valence-electron chi connectivity index (χ0n) is 10.7. The molecule has 5 nitrogen and oxygen atoms in total. The molecule has 5 heteroatoms. The fourth-order valence-corrected chi connectivity index (χ4v) is 1.99. The lowest BCUT2D eigenvalue weighted by atomic mass is 10.2. The SMILES string of the molecule is CCNC(=O)CCn1c(N)nc2cc(C)ccc21. The highest BCUT2D eigenvalue weighted by atomic mass is 16.1. The van der Waals surface area contributed by atoms with E-state index in [1.54, 1.807) is 0 Å². The van der Waals surface area contributed by atoms with Crippen LogP contribution in [-0.2, 0) is 11.3 Å². The van der Waals surface area contributed by atoms with E-state index in [4.69, 9.17) is 5.73 Å². The van der Waals surface area contributed by atoms with Gasteiger partial charge in [-0.1, -0.05) is 6.07 Å². The van der Waals surface area contributed by atoms with E-state index in [0.29, 0.717) is 25.5 Å². The number of anilines is 1. The molecule has 0 atom stereocenters. The largest absolute Gasteiger partial charge is 0.369 e. The highest BCUT2D eigenvalue weighted by molar-refractivity contribution is 5.80. The number of carbonyl (C=O) groups is 1. The van der Waals surface area contributed by atoms with Crippen LogP contribution in [0.3, 0.4) is 0 Å². The number of rotatable bonds is 4. The van der Waals surface area contributed by atoms with Crippen molar-refractivity contribution >= 4 is 22.9 Å². The van der Waals surface area contributed by atoms with E-state index in [2.05, 4.69) is 10.3 Å². The van der Waals surface area contributed by atoms with Crippen molar-refractivity contribution in [2.24, 2.45) is 0 Å². The monoisotopic (exact) mass is 246 g/mol. The Hall–Kier alpha value is -2.04. The average Bonchev–Trinajstić information content (AvgIpc) is 2.61. The van der Waals surface area contributed by atoms with E-state index >= 15 is 0 Å². The van der Waals surface area contributed by atoms with Crippen LogP contribution < -0.4 is 11.1 Å². The summed E-state index contributed by atoms with van der Waals surface area (Å²) in [5.41, 5.74) is 8.89. The summed E-state index contributed by atoms with van der Waals surface area (Å²) in [7, 11) is 0. The molecule has 0 aliphatic carbocycles. The number of carbonyl (C=O) groups excluding carboxylic acids is 1. The van der Waals surface area contributed by atoms with Crippen LogP contribution in [0, 0.1) is 6.92 Å². The summed E-state index contributed by atoms with van der Waals surface area (Å²) in [6.07, 6.45) is 0.414. The Morgan fingerprint density at radius 3 is 3.00 bits per heavy atom. The highest BCUT2D eigenvalue weighted by Gasteiger charge is 2.09. The number of imidazole rings is 1. The standard InChI is InChI=1S/C13H18N4O/c1-3-15-12(18)6-7-17-11-5-4-9(2)8-10(11)16-13(17)14/h4-5,8H,3,6-7H2,1-2H3,(H2,14,16)(H,15,18). The number of fused-ring (bicyclic) bond motifs is 1. The van der Waals surface area contributed by atoms with E-state index in [9.17, 15) is 4.79 Å². The molecule has 0 unspecified atom stereocenters. The second-order valence-electron chi connectivity index (χ2n) is 4.32. The maximum Gasteiger partial charge on any atom is 0.221 e. The molecule has 0 fully saturated rings. The molecule has 18 heavy (non-hydrogen) atoms. The zero-order valence-corrected chi connectivity index (χ0v) is 10.7. The number of nitrogens with two attached hydrogens (primary N) is 1. The maximum atomic E-state index is 11.5. The molecule has 0 aliphatic heterocycles. The van der Waals surface area contributed by atoms with Gasteiger partial charge in [-0.15, -0.1) is 0 Å². The summed E-state index contributed by atoms with van der Waals surface area (Å²) in [5, 5.41) is 2.77. The van der Waals surface area contributed by atoms with Crippen LogP contribution in [0.25, 0.3) is 11.0 Å². The molecular weight excluding hydrogens is 228 g/mol. The van der Waals surface area contributed by atoms with E-state index in [1.165, 1.54) is 0 Å². The third-order valence-corrected chi connectivity index (χ3v) is 2.87. The van der Waals surface area contributed by atoms with Gasteiger partial charge in [0.25, 0.3) is 0 Å². The normalized spacial score (nSPS) is 10.8. The Labute approximate surface area is 106 Å². The smallest absolute Gasteiger partial charge is 0.221 e. The minimum absolute atomic E-state index is 0.0332. The molecule has 1 aromatic carbocycles. The van der Waals surface area contributed by atoms with Crippen molar-refractivity contribution in [1.29, 1.82) is 0 Å². The number of aromatic nitrogens is 2. The molecule has 2 rings (SSSR count). The van der Waals surface area contributed by atoms with Crippen molar-refractivity contribution in [2.75, 3.05) is 12.3 Å². The fourth-order valence-electron chi connectivity index (χ4n) is 1.99. The van der Waals surface area contributed by atoms with Gasteiger partial charge in [-0.3, -0.25) is 4.79 Å². The second kappa shape index (κ2) is 5.08.